The number of aryl methyl sites for hydroxylation is 1. The highest BCUT2D eigenvalue weighted by Gasteiger charge is 2.11. The predicted molar refractivity (Wildman–Crippen MR) is 129 cm³/mol. The Hall–Kier alpha value is -3.42. The molecule has 160 valence electrons. The minimum absolute atomic E-state index is 0.338. The lowest BCUT2D eigenvalue weighted by molar-refractivity contribution is 0.262. The van der Waals surface area contributed by atoms with Gasteiger partial charge in [-0.15, -0.1) is 0 Å². The van der Waals surface area contributed by atoms with E-state index in [4.69, 9.17) is 11.6 Å². The monoisotopic (exact) mass is 461 g/mol. The summed E-state index contributed by atoms with van der Waals surface area (Å²) in [7, 11) is 0. The van der Waals surface area contributed by atoms with Crippen molar-refractivity contribution in [3.63, 3.8) is 0 Å². The molecule has 0 fully saturated rings. The van der Waals surface area contributed by atoms with Crippen LogP contribution in [0.15, 0.2) is 89.0 Å². The van der Waals surface area contributed by atoms with Gasteiger partial charge >= 0.3 is 6.03 Å². The second-order valence-electron chi connectivity index (χ2n) is 6.78. The first-order chi connectivity index (χ1) is 15.6. The van der Waals surface area contributed by atoms with Gasteiger partial charge in [-0.05, 0) is 60.7 Å². The van der Waals surface area contributed by atoms with E-state index in [9.17, 15) is 4.79 Å². The lowest BCUT2D eigenvalue weighted by Gasteiger charge is -2.10. The maximum Gasteiger partial charge on any atom is 0.323 e. The maximum atomic E-state index is 12.2. The number of carbonyl (C=O) groups is 1. The standard InChI is InChI=1S/C24H20ClN5OS/c1-2-22-26-14-12-21(30-22)20-7-4-13-27-23(20)32-19-10-8-17(9-11-19)28-24(31)29-18-6-3-5-16(25)15-18/h3-15H,2H2,1H3,(H2,28,29,31). The molecule has 4 aromatic rings. The van der Waals surface area contributed by atoms with Gasteiger partial charge < -0.3 is 10.6 Å². The molecule has 0 bridgehead atoms. The molecule has 0 unspecified atom stereocenters. The Kier molecular flexibility index (Phi) is 6.99. The number of anilines is 2. The van der Waals surface area contributed by atoms with Crippen LogP contribution in [0.25, 0.3) is 11.3 Å². The molecule has 8 heteroatoms. The van der Waals surface area contributed by atoms with Gasteiger partial charge in [-0.2, -0.15) is 0 Å². The van der Waals surface area contributed by atoms with Crippen molar-refractivity contribution in [2.24, 2.45) is 0 Å². The van der Waals surface area contributed by atoms with Crippen molar-refractivity contribution in [3.8, 4) is 11.3 Å². The molecule has 0 atom stereocenters. The van der Waals surface area contributed by atoms with E-state index in [1.54, 1.807) is 36.7 Å². The van der Waals surface area contributed by atoms with Gasteiger partial charge in [-0.25, -0.2) is 19.7 Å². The minimum atomic E-state index is -0.338. The summed E-state index contributed by atoms with van der Waals surface area (Å²) < 4.78 is 0. The molecule has 2 amide bonds. The summed E-state index contributed by atoms with van der Waals surface area (Å²) in [6.45, 7) is 2.03. The molecule has 0 saturated heterocycles. The van der Waals surface area contributed by atoms with Crippen molar-refractivity contribution in [3.05, 3.63) is 90.0 Å². The number of aromatic nitrogens is 3. The Labute approximate surface area is 195 Å². The lowest BCUT2D eigenvalue weighted by atomic mass is 10.2. The first-order valence-electron chi connectivity index (χ1n) is 9.99. The molecule has 32 heavy (non-hydrogen) atoms. The van der Waals surface area contributed by atoms with Crippen LogP contribution in [-0.2, 0) is 6.42 Å². The Morgan fingerprint density at radius 1 is 0.938 bits per heavy atom. The largest absolute Gasteiger partial charge is 0.323 e. The van der Waals surface area contributed by atoms with Crippen molar-refractivity contribution in [1.82, 2.24) is 15.0 Å². The van der Waals surface area contributed by atoms with Crippen molar-refractivity contribution in [2.75, 3.05) is 10.6 Å². The maximum absolute atomic E-state index is 12.2. The van der Waals surface area contributed by atoms with Crippen LogP contribution in [0.1, 0.15) is 12.7 Å². The molecule has 0 aliphatic rings. The van der Waals surface area contributed by atoms with E-state index in [-0.39, 0.29) is 6.03 Å². The molecular formula is C24H20ClN5OS. The molecule has 6 nitrogen and oxygen atoms in total. The summed E-state index contributed by atoms with van der Waals surface area (Å²) in [4.78, 5) is 26.7. The fourth-order valence-electron chi connectivity index (χ4n) is 2.96. The zero-order valence-corrected chi connectivity index (χ0v) is 18.8. The van der Waals surface area contributed by atoms with E-state index >= 15 is 0 Å². The third kappa shape index (κ3) is 5.63. The molecule has 0 aliphatic carbocycles. The average molecular weight is 462 g/mol. The van der Waals surface area contributed by atoms with Gasteiger partial charge in [0.25, 0.3) is 0 Å². The van der Waals surface area contributed by atoms with E-state index in [1.165, 1.54) is 11.8 Å². The molecule has 0 spiro atoms. The lowest BCUT2D eigenvalue weighted by Crippen LogP contribution is -2.19. The summed E-state index contributed by atoms with van der Waals surface area (Å²) in [6.07, 6.45) is 4.32. The van der Waals surface area contributed by atoms with Gasteiger partial charge in [0.1, 0.15) is 10.9 Å². The summed E-state index contributed by atoms with van der Waals surface area (Å²) in [5, 5.41) is 6.99. The summed E-state index contributed by atoms with van der Waals surface area (Å²) >= 11 is 7.49. The first kappa shape index (κ1) is 21.8. The van der Waals surface area contributed by atoms with Gasteiger partial charge in [0.15, 0.2) is 0 Å². The molecule has 0 saturated carbocycles. The Bertz CT molecular complexity index is 1230. The Balaban J connectivity index is 1.45. The number of nitrogens with zero attached hydrogens (tertiary/aromatic N) is 3. The zero-order valence-electron chi connectivity index (χ0n) is 17.2. The fourth-order valence-corrected chi connectivity index (χ4v) is 4.05. The van der Waals surface area contributed by atoms with Gasteiger partial charge in [-0.3, -0.25) is 0 Å². The minimum Gasteiger partial charge on any atom is -0.308 e. The third-order valence-corrected chi connectivity index (χ3v) is 5.74. The normalized spacial score (nSPS) is 10.6. The number of amides is 2. The van der Waals surface area contributed by atoms with E-state index in [1.807, 2.05) is 49.4 Å². The van der Waals surface area contributed by atoms with Gasteiger partial charge in [0.2, 0.25) is 0 Å². The van der Waals surface area contributed by atoms with Crippen LogP contribution in [0.4, 0.5) is 16.2 Å². The smallest absolute Gasteiger partial charge is 0.308 e. The van der Waals surface area contributed by atoms with Crippen molar-refractivity contribution < 1.29 is 4.79 Å². The van der Waals surface area contributed by atoms with Crippen LogP contribution in [0.5, 0.6) is 0 Å². The number of benzene rings is 2. The van der Waals surface area contributed by atoms with E-state index in [0.29, 0.717) is 16.4 Å². The molecular weight excluding hydrogens is 442 g/mol. The van der Waals surface area contributed by atoms with E-state index < -0.39 is 0 Å². The highest BCUT2D eigenvalue weighted by atomic mass is 35.5. The quantitative estimate of drug-likeness (QED) is 0.340. The number of rotatable bonds is 6. The van der Waals surface area contributed by atoms with Crippen molar-refractivity contribution >= 4 is 40.8 Å². The second kappa shape index (κ2) is 10.3. The van der Waals surface area contributed by atoms with Gasteiger partial charge in [0, 0.05) is 45.7 Å². The van der Waals surface area contributed by atoms with E-state index in [2.05, 4.69) is 25.6 Å². The topological polar surface area (TPSA) is 79.8 Å². The Morgan fingerprint density at radius 3 is 2.53 bits per heavy atom. The molecule has 2 aromatic carbocycles. The average Bonchev–Trinajstić information content (AvgIpc) is 2.81. The number of urea groups is 1. The molecule has 2 heterocycles. The summed E-state index contributed by atoms with van der Waals surface area (Å²) in [6, 6.07) is 20.0. The molecule has 2 aromatic heterocycles. The molecule has 0 radical (unpaired) electrons. The molecule has 4 rings (SSSR count). The van der Waals surface area contributed by atoms with Crippen molar-refractivity contribution in [1.29, 1.82) is 0 Å². The highest BCUT2D eigenvalue weighted by molar-refractivity contribution is 7.99. The number of hydrogen-bond acceptors (Lipinski definition) is 5. The summed E-state index contributed by atoms with van der Waals surface area (Å²) in [5.74, 6) is 0.800. The van der Waals surface area contributed by atoms with Crippen LogP contribution in [0.3, 0.4) is 0 Å². The first-order valence-corrected chi connectivity index (χ1v) is 11.2. The highest BCUT2D eigenvalue weighted by Crippen LogP contribution is 2.34. The Morgan fingerprint density at radius 2 is 1.75 bits per heavy atom. The summed E-state index contributed by atoms with van der Waals surface area (Å²) in [5.41, 5.74) is 3.11. The number of nitrogens with one attached hydrogen (secondary N) is 2. The number of carbonyl (C=O) groups excluding carboxylic acids is 1. The zero-order chi connectivity index (χ0) is 22.3. The van der Waals surface area contributed by atoms with Crippen LogP contribution < -0.4 is 10.6 Å². The third-order valence-electron chi connectivity index (χ3n) is 4.48. The number of halogens is 1. The van der Waals surface area contributed by atoms with Crippen LogP contribution in [-0.4, -0.2) is 21.0 Å². The van der Waals surface area contributed by atoms with Crippen LogP contribution >= 0.6 is 23.4 Å². The van der Waals surface area contributed by atoms with Crippen LogP contribution in [0, 0.1) is 0 Å². The number of hydrogen-bond donors (Lipinski definition) is 2. The second-order valence-corrected chi connectivity index (χ2v) is 8.28. The predicted octanol–water partition coefficient (Wildman–Crippen LogP) is 6.55. The van der Waals surface area contributed by atoms with E-state index in [0.717, 1.165) is 33.4 Å². The van der Waals surface area contributed by atoms with Crippen molar-refractivity contribution in [2.45, 2.75) is 23.3 Å². The number of pyridine rings is 1. The SMILES string of the molecule is CCc1nccc(-c2cccnc2Sc2ccc(NC(=O)Nc3cccc(Cl)c3)cc2)n1. The van der Waals surface area contributed by atoms with Crippen LogP contribution in [0.2, 0.25) is 5.02 Å². The molecule has 2 N–H and O–H groups in total. The van der Waals surface area contributed by atoms with Gasteiger partial charge in [0.05, 0.1) is 5.69 Å². The van der Waals surface area contributed by atoms with Gasteiger partial charge in [-0.1, -0.05) is 36.4 Å². The molecule has 0 aliphatic heterocycles. The fraction of sp³-hybridized carbons (Fsp3) is 0.0833.